The fourth-order valence-electron chi connectivity index (χ4n) is 3.24. The lowest BCUT2D eigenvalue weighted by Gasteiger charge is -2.31. The Balaban J connectivity index is 1.47. The monoisotopic (exact) mass is 367 g/mol. The van der Waals surface area contributed by atoms with Crippen LogP contribution in [0.5, 0.6) is 0 Å². The summed E-state index contributed by atoms with van der Waals surface area (Å²) in [5.41, 5.74) is 3.00. The zero-order valence-corrected chi connectivity index (χ0v) is 15.4. The molecule has 0 unspecified atom stereocenters. The Morgan fingerprint density at radius 1 is 1.08 bits per heavy atom. The van der Waals surface area contributed by atoms with Gasteiger partial charge in [-0.2, -0.15) is 5.26 Å². The summed E-state index contributed by atoms with van der Waals surface area (Å²) in [7, 11) is 0. The fraction of sp³-hybridized carbons (Fsp3) is 0.333. The molecule has 1 aliphatic heterocycles. The van der Waals surface area contributed by atoms with Crippen molar-refractivity contribution in [2.24, 2.45) is 5.92 Å². The number of carbonyl (C=O) groups excluding carboxylic acids is 1. The molecule has 0 aliphatic carbocycles. The predicted octanol–water partition coefficient (Wildman–Crippen LogP) is 4.26. The van der Waals surface area contributed by atoms with Gasteiger partial charge >= 0.3 is 0 Å². The van der Waals surface area contributed by atoms with E-state index in [-0.39, 0.29) is 11.8 Å². The number of nitrogens with zero attached hydrogens (tertiary/aromatic N) is 2. The van der Waals surface area contributed by atoms with Crippen LogP contribution in [0, 0.1) is 17.2 Å². The Bertz CT molecular complexity index is 772. The number of hydrogen-bond donors (Lipinski definition) is 1. The van der Waals surface area contributed by atoms with Gasteiger partial charge in [0.05, 0.1) is 12.5 Å². The second kappa shape index (κ2) is 8.84. The van der Waals surface area contributed by atoms with E-state index in [0.29, 0.717) is 6.42 Å². The molecular weight excluding hydrogens is 346 g/mol. The first-order chi connectivity index (χ1) is 12.6. The van der Waals surface area contributed by atoms with Crippen LogP contribution in [0.15, 0.2) is 48.5 Å². The van der Waals surface area contributed by atoms with E-state index in [1.807, 2.05) is 36.4 Å². The van der Waals surface area contributed by atoms with Gasteiger partial charge in [0.15, 0.2) is 0 Å². The first kappa shape index (κ1) is 18.4. The van der Waals surface area contributed by atoms with Gasteiger partial charge in [-0.15, -0.1) is 0 Å². The number of hydrogen-bond acceptors (Lipinski definition) is 3. The van der Waals surface area contributed by atoms with Gasteiger partial charge in [0.25, 0.3) is 0 Å². The molecule has 0 saturated carbocycles. The molecule has 1 aliphatic rings. The Labute approximate surface area is 159 Å². The molecule has 0 aromatic heterocycles. The van der Waals surface area contributed by atoms with Crippen molar-refractivity contribution in [1.82, 2.24) is 4.90 Å². The summed E-state index contributed by atoms with van der Waals surface area (Å²) in [6.45, 7) is 2.73. The lowest BCUT2D eigenvalue weighted by atomic mass is 9.95. The van der Waals surface area contributed by atoms with Gasteiger partial charge in [-0.25, -0.2) is 0 Å². The van der Waals surface area contributed by atoms with Crippen molar-refractivity contribution in [1.29, 1.82) is 5.26 Å². The molecule has 1 fully saturated rings. The molecule has 26 heavy (non-hydrogen) atoms. The molecule has 0 spiro atoms. The summed E-state index contributed by atoms with van der Waals surface area (Å²) in [6, 6.07) is 17.5. The predicted molar refractivity (Wildman–Crippen MR) is 104 cm³/mol. The van der Waals surface area contributed by atoms with Gasteiger partial charge in [-0.05, 0) is 61.3 Å². The summed E-state index contributed by atoms with van der Waals surface area (Å²) >= 11 is 5.93. The van der Waals surface area contributed by atoms with Crippen LogP contribution in [-0.2, 0) is 17.8 Å². The van der Waals surface area contributed by atoms with Crippen molar-refractivity contribution < 1.29 is 4.79 Å². The first-order valence-corrected chi connectivity index (χ1v) is 9.25. The number of carbonyl (C=O) groups is 1. The molecule has 4 nitrogen and oxygen atoms in total. The van der Waals surface area contributed by atoms with Crippen LogP contribution in [0.25, 0.3) is 0 Å². The zero-order chi connectivity index (χ0) is 18.4. The highest BCUT2D eigenvalue weighted by molar-refractivity contribution is 6.30. The van der Waals surface area contributed by atoms with E-state index >= 15 is 0 Å². The lowest BCUT2D eigenvalue weighted by molar-refractivity contribution is -0.121. The Morgan fingerprint density at radius 3 is 2.31 bits per heavy atom. The van der Waals surface area contributed by atoms with E-state index in [4.69, 9.17) is 16.9 Å². The average Bonchev–Trinajstić information content (AvgIpc) is 2.66. The van der Waals surface area contributed by atoms with Crippen LogP contribution in [0.2, 0.25) is 5.02 Å². The molecular formula is C21H22ClN3O. The van der Waals surface area contributed by atoms with Gasteiger partial charge in [-0.1, -0.05) is 35.9 Å². The lowest BCUT2D eigenvalue weighted by Crippen LogP contribution is -2.37. The number of benzene rings is 2. The molecule has 0 bridgehead atoms. The largest absolute Gasteiger partial charge is 0.326 e. The summed E-state index contributed by atoms with van der Waals surface area (Å²) in [5, 5.41) is 12.5. The van der Waals surface area contributed by atoms with E-state index < -0.39 is 0 Å². The van der Waals surface area contributed by atoms with Gasteiger partial charge in [0.1, 0.15) is 0 Å². The number of nitrogens with one attached hydrogen (secondary N) is 1. The van der Waals surface area contributed by atoms with Crippen LogP contribution in [-0.4, -0.2) is 23.9 Å². The van der Waals surface area contributed by atoms with Crippen LogP contribution in [0.1, 0.15) is 24.0 Å². The highest BCUT2D eigenvalue weighted by atomic mass is 35.5. The van der Waals surface area contributed by atoms with E-state index in [0.717, 1.165) is 48.7 Å². The third-order valence-corrected chi connectivity index (χ3v) is 5.03. The molecule has 2 aromatic rings. The highest BCUT2D eigenvalue weighted by Gasteiger charge is 2.25. The van der Waals surface area contributed by atoms with Crippen molar-refractivity contribution in [3.63, 3.8) is 0 Å². The van der Waals surface area contributed by atoms with Crippen molar-refractivity contribution in [2.75, 3.05) is 18.4 Å². The van der Waals surface area contributed by atoms with Crippen LogP contribution < -0.4 is 5.32 Å². The Morgan fingerprint density at radius 2 is 1.69 bits per heavy atom. The van der Waals surface area contributed by atoms with Crippen LogP contribution in [0.4, 0.5) is 5.69 Å². The van der Waals surface area contributed by atoms with Gasteiger partial charge in [-0.3, -0.25) is 9.69 Å². The number of likely N-dealkylation sites (tertiary alicyclic amines) is 1. The number of rotatable bonds is 5. The highest BCUT2D eigenvalue weighted by Crippen LogP contribution is 2.22. The third-order valence-electron chi connectivity index (χ3n) is 4.78. The van der Waals surface area contributed by atoms with Crippen LogP contribution >= 0.6 is 11.6 Å². The molecule has 1 N–H and O–H groups in total. The third kappa shape index (κ3) is 5.08. The molecule has 1 amide bonds. The average molecular weight is 368 g/mol. The minimum atomic E-state index is 0.0512. The topological polar surface area (TPSA) is 56.1 Å². The van der Waals surface area contributed by atoms with Crippen molar-refractivity contribution in [3.8, 4) is 6.07 Å². The molecule has 1 saturated heterocycles. The smallest absolute Gasteiger partial charge is 0.227 e. The summed E-state index contributed by atoms with van der Waals surface area (Å²) in [5.74, 6) is 0.138. The standard InChI is InChI=1S/C21H22ClN3O/c22-19-5-1-17(2-6-19)15-25-13-10-18(11-14-25)21(26)24-20-7-3-16(4-8-20)9-12-23/h1-8,18H,9-11,13-15H2,(H,24,26). The molecule has 0 radical (unpaired) electrons. The second-order valence-corrected chi connectivity index (χ2v) is 7.13. The summed E-state index contributed by atoms with van der Waals surface area (Å²) < 4.78 is 0. The molecule has 2 aromatic carbocycles. The molecule has 0 atom stereocenters. The molecule has 3 rings (SSSR count). The number of anilines is 1. The number of amides is 1. The van der Waals surface area contributed by atoms with E-state index in [1.165, 1.54) is 5.56 Å². The van der Waals surface area contributed by atoms with Gasteiger partial charge in [0, 0.05) is 23.2 Å². The quantitative estimate of drug-likeness (QED) is 0.859. The van der Waals surface area contributed by atoms with Crippen molar-refractivity contribution in [3.05, 3.63) is 64.7 Å². The maximum Gasteiger partial charge on any atom is 0.227 e. The van der Waals surface area contributed by atoms with Gasteiger partial charge < -0.3 is 5.32 Å². The second-order valence-electron chi connectivity index (χ2n) is 6.70. The number of nitriles is 1. The summed E-state index contributed by atoms with van der Waals surface area (Å²) in [4.78, 5) is 14.9. The minimum Gasteiger partial charge on any atom is -0.326 e. The minimum absolute atomic E-state index is 0.0512. The number of piperidine rings is 1. The fourth-order valence-corrected chi connectivity index (χ4v) is 3.37. The SMILES string of the molecule is N#CCc1ccc(NC(=O)C2CCN(Cc3ccc(Cl)cc3)CC2)cc1. The van der Waals surface area contributed by atoms with Crippen molar-refractivity contribution >= 4 is 23.2 Å². The van der Waals surface area contributed by atoms with Crippen molar-refractivity contribution in [2.45, 2.75) is 25.8 Å². The molecule has 1 heterocycles. The van der Waals surface area contributed by atoms with Gasteiger partial charge in [0.2, 0.25) is 5.91 Å². The van der Waals surface area contributed by atoms with E-state index in [1.54, 1.807) is 0 Å². The Kier molecular flexibility index (Phi) is 6.27. The maximum atomic E-state index is 12.5. The Hall–Kier alpha value is -2.35. The maximum absolute atomic E-state index is 12.5. The zero-order valence-electron chi connectivity index (χ0n) is 14.6. The first-order valence-electron chi connectivity index (χ1n) is 8.87. The van der Waals surface area contributed by atoms with Crippen LogP contribution in [0.3, 0.4) is 0 Å². The molecule has 5 heteroatoms. The molecule has 134 valence electrons. The van der Waals surface area contributed by atoms with E-state index in [2.05, 4.69) is 28.4 Å². The normalized spacial score (nSPS) is 15.4. The van der Waals surface area contributed by atoms with E-state index in [9.17, 15) is 4.79 Å². The number of halogens is 1. The summed E-state index contributed by atoms with van der Waals surface area (Å²) in [6.07, 6.45) is 2.12.